The van der Waals surface area contributed by atoms with E-state index in [1.807, 2.05) is 6.92 Å². The molecule has 0 saturated heterocycles. The zero-order valence-corrected chi connectivity index (χ0v) is 11.0. The zero-order chi connectivity index (χ0) is 14.1. The zero-order valence-electron chi connectivity index (χ0n) is 11.0. The molecule has 102 valence electrons. The Morgan fingerprint density at radius 1 is 1.53 bits per heavy atom. The van der Waals surface area contributed by atoms with Crippen LogP contribution >= 0.6 is 0 Å². The Bertz CT molecular complexity index is 449. The van der Waals surface area contributed by atoms with Gasteiger partial charge in [-0.05, 0) is 31.2 Å². The van der Waals surface area contributed by atoms with E-state index in [0.29, 0.717) is 18.6 Å². The van der Waals surface area contributed by atoms with E-state index in [1.54, 1.807) is 24.3 Å². The lowest BCUT2D eigenvalue weighted by atomic mass is 10.2. The van der Waals surface area contributed by atoms with Gasteiger partial charge in [0.1, 0.15) is 12.4 Å². The van der Waals surface area contributed by atoms with Crippen molar-refractivity contribution in [3.05, 3.63) is 29.8 Å². The fourth-order valence-electron chi connectivity index (χ4n) is 1.50. The third kappa shape index (κ3) is 5.32. The number of rotatable bonds is 7. The number of hydrogen-bond acceptors (Lipinski definition) is 4. The summed E-state index contributed by atoms with van der Waals surface area (Å²) in [5, 5.41) is 14.7. The molecule has 4 N–H and O–H groups in total. The molecule has 0 radical (unpaired) electrons. The first-order valence-electron chi connectivity index (χ1n) is 6.05. The van der Waals surface area contributed by atoms with E-state index in [4.69, 9.17) is 22.1 Å². The molecule has 1 rings (SSSR count). The molecule has 0 spiro atoms. The molecule has 0 aromatic heterocycles. The lowest BCUT2D eigenvalue weighted by Crippen LogP contribution is -2.29. The van der Waals surface area contributed by atoms with Crippen LogP contribution in [0, 0.1) is 12.3 Å². The van der Waals surface area contributed by atoms with Gasteiger partial charge in [0.25, 0.3) is 0 Å². The van der Waals surface area contributed by atoms with Gasteiger partial charge in [-0.2, -0.15) is 0 Å². The first-order chi connectivity index (χ1) is 9.17. The van der Waals surface area contributed by atoms with Crippen molar-refractivity contribution in [1.29, 1.82) is 0 Å². The summed E-state index contributed by atoms with van der Waals surface area (Å²) in [7, 11) is 0. The Balaban J connectivity index is 2.33. The Morgan fingerprint density at radius 3 is 2.79 bits per heavy atom. The van der Waals surface area contributed by atoms with Gasteiger partial charge >= 0.3 is 0 Å². The van der Waals surface area contributed by atoms with Crippen LogP contribution in [0.5, 0.6) is 5.75 Å². The molecule has 0 saturated carbocycles. The molecule has 0 bridgehead atoms. The van der Waals surface area contributed by atoms with Crippen molar-refractivity contribution in [3.8, 4) is 18.1 Å². The molecule has 0 heterocycles. The molecule has 0 fully saturated rings. The average molecular weight is 261 g/mol. The van der Waals surface area contributed by atoms with Crippen molar-refractivity contribution in [3.63, 3.8) is 0 Å². The van der Waals surface area contributed by atoms with Crippen molar-refractivity contribution in [2.24, 2.45) is 10.9 Å². The van der Waals surface area contributed by atoms with Crippen molar-refractivity contribution >= 4 is 5.84 Å². The van der Waals surface area contributed by atoms with E-state index < -0.39 is 0 Å². The molecule has 1 atom stereocenters. The smallest absolute Gasteiger partial charge is 0.170 e. The van der Waals surface area contributed by atoms with Gasteiger partial charge in [0, 0.05) is 24.6 Å². The van der Waals surface area contributed by atoms with Crippen LogP contribution in [0.15, 0.2) is 29.4 Å². The van der Waals surface area contributed by atoms with E-state index >= 15 is 0 Å². The quantitative estimate of drug-likeness (QED) is 0.172. The number of amidine groups is 1. The van der Waals surface area contributed by atoms with E-state index in [-0.39, 0.29) is 11.9 Å². The van der Waals surface area contributed by atoms with Crippen LogP contribution in [-0.2, 0) is 0 Å². The largest absolute Gasteiger partial charge is 0.492 e. The standard InChI is InChI=1S/C14H19N3O2/c1-3-4-11(2)16-9-10-19-13-7-5-12(6-8-13)14(15)17-18/h1,5-8,11,16,18H,4,9-10H2,2H3,(H2,15,17). The SMILES string of the molecule is C#CCC(C)NCCOc1ccc(/C(N)=N/O)cc1. The minimum Gasteiger partial charge on any atom is -0.492 e. The summed E-state index contributed by atoms with van der Waals surface area (Å²) in [6.07, 6.45) is 5.92. The molecule has 0 aliphatic heterocycles. The van der Waals surface area contributed by atoms with Crippen molar-refractivity contribution < 1.29 is 9.94 Å². The van der Waals surface area contributed by atoms with E-state index in [9.17, 15) is 0 Å². The second-order valence-electron chi connectivity index (χ2n) is 4.12. The number of nitrogens with zero attached hydrogens (tertiary/aromatic N) is 1. The number of terminal acetylenes is 1. The summed E-state index contributed by atoms with van der Waals surface area (Å²) in [6, 6.07) is 7.31. The molecule has 0 aliphatic rings. The molecule has 19 heavy (non-hydrogen) atoms. The van der Waals surface area contributed by atoms with Crippen LogP contribution in [0.25, 0.3) is 0 Å². The lowest BCUT2D eigenvalue weighted by Gasteiger charge is -2.11. The van der Waals surface area contributed by atoms with Gasteiger partial charge in [0.05, 0.1) is 0 Å². The molecule has 1 unspecified atom stereocenters. The maximum atomic E-state index is 8.54. The first kappa shape index (κ1) is 14.9. The lowest BCUT2D eigenvalue weighted by molar-refractivity contribution is 0.307. The van der Waals surface area contributed by atoms with Gasteiger partial charge in [-0.1, -0.05) is 5.16 Å². The monoisotopic (exact) mass is 261 g/mol. The average Bonchev–Trinajstić information content (AvgIpc) is 2.44. The van der Waals surface area contributed by atoms with Gasteiger partial charge in [0.2, 0.25) is 0 Å². The maximum Gasteiger partial charge on any atom is 0.170 e. The number of nitrogens with one attached hydrogen (secondary N) is 1. The van der Waals surface area contributed by atoms with E-state index in [0.717, 1.165) is 12.3 Å². The highest BCUT2D eigenvalue weighted by molar-refractivity contribution is 5.97. The Morgan fingerprint density at radius 2 is 2.21 bits per heavy atom. The van der Waals surface area contributed by atoms with Crippen LogP contribution in [0.1, 0.15) is 18.9 Å². The molecule has 1 aromatic rings. The number of hydrogen-bond donors (Lipinski definition) is 3. The van der Waals surface area contributed by atoms with E-state index in [2.05, 4.69) is 16.4 Å². The summed E-state index contributed by atoms with van der Waals surface area (Å²) >= 11 is 0. The van der Waals surface area contributed by atoms with Crippen molar-refractivity contribution in [2.45, 2.75) is 19.4 Å². The number of benzene rings is 1. The summed E-state index contributed by atoms with van der Waals surface area (Å²) in [4.78, 5) is 0. The van der Waals surface area contributed by atoms with Gasteiger partial charge < -0.3 is 21.0 Å². The first-order valence-corrected chi connectivity index (χ1v) is 6.05. The van der Waals surface area contributed by atoms with Crippen molar-refractivity contribution in [2.75, 3.05) is 13.2 Å². The summed E-state index contributed by atoms with van der Waals surface area (Å²) in [6.45, 7) is 3.31. The molecule has 5 nitrogen and oxygen atoms in total. The minimum atomic E-state index is 0.0799. The Labute approximate surface area is 113 Å². The summed E-state index contributed by atoms with van der Waals surface area (Å²) in [5.41, 5.74) is 6.11. The number of nitrogens with two attached hydrogens (primary N) is 1. The van der Waals surface area contributed by atoms with Crippen molar-refractivity contribution in [1.82, 2.24) is 5.32 Å². The van der Waals surface area contributed by atoms with Crippen LogP contribution in [0.2, 0.25) is 0 Å². The Kier molecular flexibility index (Phi) is 6.27. The maximum absolute atomic E-state index is 8.54. The topological polar surface area (TPSA) is 79.9 Å². The Hall–Kier alpha value is -2.19. The summed E-state index contributed by atoms with van der Waals surface area (Å²) in [5.74, 6) is 3.42. The highest BCUT2D eigenvalue weighted by Crippen LogP contribution is 2.11. The van der Waals surface area contributed by atoms with Gasteiger partial charge in [-0.3, -0.25) is 0 Å². The molecule has 1 aromatic carbocycles. The second kappa shape index (κ2) is 8.01. The van der Waals surface area contributed by atoms with Crippen LogP contribution in [-0.4, -0.2) is 30.2 Å². The third-order valence-corrected chi connectivity index (χ3v) is 2.55. The van der Waals surface area contributed by atoms with Gasteiger partial charge in [-0.15, -0.1) is 12.3 Å². The molecular formula is C14H19N3O2. The van der Waals surface area contributed by atoms with Gasteiger partial charge in [-0.25, -0.2) is 0 Å². The fourth-order valence-corrected chi connectivity index (χ4v) is 1.50. The number of ether oxygens (including phenoxy) is 1. The molecule has 0 aliphatic carbocycles. The normalized spacial score (nSPS) is 12.7. The molecule has 5 heteroatoms. The number of oxime groups is 1. The minimum absolute atomic E-state index is 0.0799. The molecular weight excluding hydrogens is 242 g/mol. The van der Waals surface area contributed by atoms with Crippen LogP contribution in [0.4, 0.5) is 0 Å². The highest BCUT2D eigenvalue weighted by atomic mass is 16.5. The fraction of sp³-hybridized carbons (Fsp3) is 0.357. The highest BCUT2D eigenvalue weighted by Gasteiger charge is 2.01. The second-order valence-corrected chi connectivity index (χ2v) is 4.12. The predicted octanol–water partition coefficient (Wildman–Crippen LogP) is 1.16. The summed E-state index contributed by atoms with van der Waals surface area (Å²) < 4.78 is 5.55. The molecule has 0 amide bonds. The van der Waals surface area contributed by atoms with Crippen LogP contribution < -0.4 is 15.8 Å². The predicted molar refractivity (Wildman–Crippen MR) is 75.4 cm³/mol. The van der Waals surface area contributed by atoms with E-state index in [1.165, 1.54) is 0 Å². The third-order valence-electron chi connectivity index (χ3n) is 2.55. The van der Waals surface area contributed by atoms with Gasteiger partial charge in [0.15, 0.2) is 5.84 Å². The van der Waals surface area contributed by atoms with Crippen LogP contribution in [0.3, 0.4) is 0 Å².